The molecule has 0 bridgehead atoms. The smallest absolute Gasteiger partial charge is 0.251 e. The molecule has 0 aliphatic carbocycles. The number of nitrogens with one attached hydrogen (secondary N) is 1. The van der Waals surface area contributed by atoms with Crippen LogP contribution in [0.1, 0.15) is 24.2 Å². The predicted octanol–water partition coefficient (Wildman–Crippen LogP) is -0.384. The van der Waals surface area contributed by atoms with Gasteiger partial charge in [0, 0.05) is 51.3 Å². The number of benzene rings is 1. The Morgan fingerprint density at radius 3 is 2.44 bits per heavy atom. The molecule has 1 aromatic carbocycles. The molecular weight excluding hydrogens is 344 g/mol. The number of hydrogen-bond donors (Lipinski definition) is 2. The zero-order valence-corrected chi connectivity index (χ0v) is 15.3. The zero-order valence-electron chi connectivity index (χ0n) is 14.4. The summed E-state index contributed by atoms with van der Waals surface area (Å²) in [5, 5.41) is 2.71. The fraction of sp³-hybridized carbons (Fsp3) is 0.500. The first-order valence-electron chi connectivity index (χ1n) is 8.12. The Morgan fingerprint density at radius 1 is 1.24 bits per heavy atom. The first-order valence-corrected chi connectivity index (χ1v) is 9.56. The lowest BCUT2D eigenvalue weighted by Crippen LogP contribution is -2.49. The normalized spacial score (nSPS) is 17.2. The van der Waals surface area contributed by atoms with Crippen molar-refractivity contribution in [1.29, 1.82) is 0 Å². The second kappa shape index (κ2) is 7.94. The largest absolute Gasteiger partial charge is 0.348 e. The summed E-state index contributed by atoms with van der Waals surface area (Å²) in [6.45, 7) is 4.74. The third-order valence-corrected chi connectivity index (χ3v) is 6.04. The summed E-state index contributed by atoms with van der Waals surface area (Å²) < 4.78 is 26.9. The molecular formula is C16H24N4O4S. The molecule has 2 rings (SSSR count). The zero-order chi connectivity index (χ0) is 18.6. The predicted molar refractivity (Wildman–Crippen MR) is 93.4 cm³/mol. The van der Waals surface area contributed by atoms with E-state index < -0.39 is 10.0 Å². The highest BCUT2D eigenvalue weighted by Gasteiger charge is 2.29. The number of sulfonamides is 1. The van der Waals surface area contributed by atoms with Gasteiger partial charge in [-0.1, -0.05) is 6.07 Å². The maximum atomic E-state index is 12.8. The van der Waals surface area contributed by atoms with E-state index in [0.717, 1.165) is 0 Å². The standard InChI is InChI=1S/C16H24N4O4S/c1-12(11-17)18-16(22)14-4-3-5-15(10-14)25(23,24)20-8-6-19(7-9-20)13(2)21/h3-5,10,12H,6-9,11,17H2,1-2H3,(H,18,22)/t12-/m0/s1. The molecule has 138 valence electrons. The third-order valence-electron chi connectivity index (χ3n) is 4.15. The van der Waals surface area contributed by atoms with Gasteiger partial charge in [0.05, 0.1) is 4.90 Å². The van der Waals surface area contributed by atoms with Crippen LogP contribution in [0.3, 0.4) is 0 Å². The molecule has 1 fully saturated rings. The molecule has 3 N–H and O–H groups in total. The summed E-state index contributed by atoms with van der Waals surface area (Å²) in [7, 11) is -3.71. The van der Waals surface area contributed by atoms with Gasteiger partial charge in [-0.3, -0.25) is 9.59 Å². The average Bonchev–Trinajstić information content (AvgIpc) is 2.61. The van der Waals surface area contributed by atoms with Crippen molar-refractivity contribution >= 4 is 21.8 Å². The van der Waals surface area contributed by atoms with Gasteiger partial charge in [0.1, 0.15) is 0 Å². The Kier molecular flexibility index (Phi) is 6.15. The van der Waals surface area contributed by atoms with E-state index in [1.165, 1.54) is 23.4 Å². The van der Waals surface area contributed by atoms with E-state index in [2.05, 4.69) is 5.32 Å². The number of amides is 2. The molecule has 1 heterocycles. The molecule has 8 nitrogen and oxygen atoms in total. The van der Waals surface area contributed by atoms with Crippen LogP contribution in [0.15, 0.2) is 29.2 Å². The van der Waals surface area contributed by atoms with E-state index in [4.69, 9.17) is 5.73 Å². The topological polar surface area (TPSA) is 113 Å². The van der Waals surface area contributed by atoms with E-state index >= 15 is 0 Å². The van der Waals surface area contributed by atoms with Gasteiger partial charge in [0.25, 0.3) is 5.91 Å². The lowest BCUT2D eigenvalue weighted by molar-refractivity contribution is -0.129. The van der Waals surface area contributed by atoms with Crippen molar-refractivity contribution in [2.45, 2.75) is 24.8 Å². The quantitative estimate of drug-likeness (QED) is 0.735. The van der Waals surface area contributed by atoms with Gasteiger partial charge >= 0.3 is 0 Å². The number of rotatable bonds is 5. The minimum absolute atomic E-state index is 0.0651. The molecule has 1 atom stereocenters. The highest BCUT2D eigenvalue weighted by Crippen LogP contribution is 2.19. The summed E-state index contributed by atoms with van der Waals surface area (Å²) in [6, 6.07) is 5.74. The van der Waals surface area contributed by atoms with Crippen molar-refractivity contribution in [2.24, 2.45) is 5.73 Å². The van der Waals surface area contributed by atoms with Crippen molar-refractivity contribution < 1.29 is 18.0 Å². The van der Waals surface area contributed by atoms with Gasteiger partial charge in [0.15, 0.2) is 0 Å². The van der Waals surface area contributed by atoms with Crippen LogP contribution in [-0.4, -0.2) is 68.2 Å². The fourth-order valence-electron chi connectivity index (χ4n) is 2.56. The highest BCUT2D eigenvalue weighted by molar-refractivity contribution is 7.89. The second-order valence-electron chi connectivity index (χ2n) is 6.05. The van der Waals surface area contributed by atoms with Crippen LogP contribution in [0.5, 0.6) is 0 Å². The molecule has 0 saturated carbocycles. The lowest BCUT2D eigenvalue weighted by Gasteiger charge is -2.33. The van der Waals surface area contributed by atoms with Gasteiger partial charge in [-0.25, -0.2) is 8.42 Å². The highest BCUT2D eigenvalue weighted by atomic mass is 32.2. The number of hydrogen-bond acceptors (Lipinski definition) is 5. The number of piperazine rings is 1. The van der Waals surface area contributed by atoms with Crippen molar-refractivity contribution in [3.63, 3.8) is 0 Å². The summed E-state index contributed by atoms with van der Waals surface area (Å²) in [6.07, 6.45) is 0. The molecule has 1 aliphatic heterocycles. The van der Waals surface area contributed by atoms with Gasteiger partial charge < -0.3 is 16.0 Å². The first-order chi connectivity index (χ1) is 11.8. The average molecular weight is 368 g/mol. The van der Waals surface area contributed by atoms with Crippen LogP contribution < -0.4 is 11.1 Å². The molecule has 0 radical (unpaired) electrons. The Hall–Kier alpha value is -1.97. The van der Waals surface area contributed by atoms with Gasteiger partial charge in [-0.2, -0.15) is 4.31 Å². The molecule has 1 aromatic rings. The molecule has 0 spiro atoms. The van der Waals surface area contributed by atoms with Crippen LogP contribution in [0.2, 0.25) is 0 Å². The third kappa shape index (κ3) is 4.56. The summed E-state index contributed by atoms with van der Waals surface area (Å²) in [4.78, 5) is 25.2. The summed E-state index contributed by atoms with van der Waals surface area (Å²) in [5.41, 5.74) is 5.75. The molecule has 0 unspecified atom stereocenters. The minimum Gasteiger partial charge on any atom is -0.348 e. The number of carbonyl (C=O) groups is 2. The van der Waals surface area contributed by atoms with Gasteiger partial charge in [-0.05, 0) is 25.1 Å². The van der Waals surface area contributed by atoms with Crippen molar-refractivity contribution in [3.8, 4) is 0 Å². The Morgan fingerprint density at radius 2 is 1.88 bits per heavy atom. The van der Waals surface area contributed by atoms with Crippen molar-refractivity contribution in [1.82, 2.24) is 14.5 Å². The minimum atomic E-state index is -3.71. The monoisotopic (exact) mass is 368 g/mol. The van der Waals surface area contributed by atoms with E-state index in [1.54, 1.807) is 24.0 Å². The SMILES string of the molecule is CC(=O)N1CCN(S(=O)(=O)c2cccc(C(=O)N[C@@H](C)CN)c2)CC1. The Balaban J connectivity index is 2.16. The molecule has 9 heteroatoms. The number of carbonyl (C=O) groups excluding carboxylic acids is 2. The molecule has 1 aliphatic rings. The van der Waals surface area contributed by atoms with Crippen LogP contribution in [-0.2, 0) is 14.8 Å². The maximum absolute atomic E-state index is 12.8. The van der Waals surface area contributed by atoms with E-state index in [9.17, 15) is 18.0 Å². The lowest BCUT2D eigenvalue weighted by atomic mass is 10.2. The van der Waals surface area contributed by atoms with E-state index in [1.807, 2.05) is 0 Å². The van der Waals surface area contributed by atoms with E-state index in [-0.39, 0.29) is 41.4 Å². The summed E-state index contributed by atoms with van der Waals surface area (Å²) in [5.74, 6) is -0.430. The number of nitrogens with zero attached hydrogens (tertiary/aromatic N) is 2. The molecule has 0 aromatic heterocycles. The Bertz CT molecular complexity index is 742. The number of nitrogens with two attached hydrogens (primary N) is 1. The summed E-state index contributed by atoms with van der Waals surface area (Å²) >= 11 is 0. The van der Waals surface area contributed by atoms with Crippen molar-refractivity contribution in [3.05, 3.63) is 29.8 Å². The maximum Gasteiger partial charge on any atom is 0.251 e. The first kappa shape index (κ1) is 19.4. The van der Waals surface area contributed by atoms with Crippen molar-refractivity contribution in [2.75, 3.05) is 32.7 Å². The van der Waals surface area contributed by atoms with Gasteiger partial charge in [0.2, 0.25) is 15.9 Å². The Labute approximate surface area is 148 Å². The van der Waals surface area contributed by atoms with Crippen LogP contribution in [0.4, 0.5) is 0 Å². The molecule has 25 heavy (non-hydrogen) atoms. The van der Waals surface area contributed by atoms with Gasteiger partial charge in [-0.15, -0.1) is 0 Å². The van der Waals surface area contributed by atoms with E-state index in [0.29, 0.717) is 19.6 Å². The van der Waals surface area contributed by atoms with Crippen LogP contribution in [0, 0.1) is 0 Å². The second-order valence-corrected chi connectivity index (χ2v) is 7.99. The fourth-order valence-corrected chi connectivity index (χ4v) is 4.02. The van der Waals surface area contributed by atoms with Crippen LogP contribution in [0.25, 0.3) is 0 Å². The molecule has 1 saturated heterocycles. The van der Waals surface area contributed by atoms with Crippen LogP contribution >= 0.6 is 0 Å². The molecule has 2 amide bonds.